The Balaban J connectivity index is 1.98. The minimum atomic E-state index is -0.172. The van der Waals surface area contributed by atoms with Crippen molar-refractivity contribution in [3.8, 4) is 5.75 Å². The predicted octanol–water partition coefficient (Wildman–Crippen LogP) is 4.84. The monoisotopic (exact) mass is 364 g/mol. The highest BCUT2D eigenvalue weighted by Gasteiger charge is 2.36. The summed E-state index contributed by atoms with van der Waals surface area (Å²) < 4.78 is 5.20. The molecule has 24 heavy (non-hydrogen) atoms. The maximum absolute atomic E-state index is 13.1. The molecule has 1 fully saturated rings. The Labute approximate surface area is 151 Å². The van der Waals surface area contributed by atoms with Crippen LogP contribution in [0.1, 0.15) is 30.1 Å². The zero-order valence-electron chi connectivity index (χ0n) is 13.5. The van der Waals surface area contributed by atoms with E-state index in [0.29, 0.717) is 11.5 Å². The van der Waals surface area contributed by atoms with Gasteiger partial charge in [0.1, 0.15) is 16.1 Å². The number of amides is 1. The number of nitrogens with zero attached hydrogens (tertiary/aromatic N) is 2. The molecule has 1 saturated carbocycles. The first-order valence-corrected chi connectivity index (χ1v) is 8.56. The van der Waals surface area contributed by atoms with E-state index in [0.717, 1.165) is 24.3 Å². The number of carbonyl (C=O) groups is 1. The fraction of sp³-hybridized carbons (Fsp3) is 0.333. The van der Waals surface area contributed by atoms with Crippen LogP contribution in [0.4, 0.5) is 5.69 Å². The number of ether oxygens (including phenoxy) is 1. The number of rotatable bonds is 5. The van der Waals surface area contributed by atoms with Crippen molar-refractivity contribution >= 4 is 34.8 Å². The minimum Gasteiger partial charge on any atom is -0.497 e. The SMILES string of the molecule is COc1ccc(N(C(=O)c2ccc(Cl)nc2Cl)C(C)C2CC2)cc1. The molecule has 1 aromatic carbocycles. The van der Waals surface area contributed by atoms with Crippen LogP contribution < -0.4 is 9.64 Å². The predicted molar refractivity (Wildman–Crippen MR) is 96.2 cm³/mol. The Hall–Kier alpha value is -1.78. The summed E-state index contributed by atoms with van der Waals surface area (Å²) in [5, 5.41) is 0.386. The van der Waals surface area contributed by atoms with Crippen molar-refractivity contribution in [3.05, 3.63) is 52.3 Å². The molecule has 0 bridgehead atoms. The van der Waals surface area contributed by atoms with E-state index in [-0.39, 0.29) is 22.3 Å². The molecule has 1 atom stereocenters. The summed E-state index contributed by atoms with van der Waals surface area (Å²) in [5.74, 6) is 1.08. The molecule has 0 spiro atoms. The molecule has 0 aliphatic heterocycles. The molecule has 4 nitrogen and oxygen atoms in total. The van der Waals surface area contributed by atoms with Crippen LogP contribution in [0.2, 0.25) is 10.3 Å². The van der Waals surface area contributed by atoms with Crippen molar-refractivity contribution in [2.24, 2.45) is 5.92 Å². The molecule has 126 valence electrons. The van der Waals surface area contributed by atoms with Crippen molar-refractivity contribution in [1.29, 1.82) is 0 Å². The Morgan fingerprint density at radius 3 is 2.42 bits per heavy atom. The van der Waals surface area contributed by atoms with Gasteiger partial charge in [0.2, 0.25) is 0 Å². The molecule has 1 aromatic heterocycles. The topological polar surface area (TPSA) is 42.4 Å². The number of aromatic nitrogens is 1. The van der Waals surface area contributed by atoms with E-state index in [9.17, 15) is 4.79 Å². The zero-order chi connectivity index (χ0) is 17.3. The standard InChI is InChI=1S/C18H18Cl2N2O2/c1-11(12-3-4-12)22(13-5-7-14(24-2)8-6-13)18(23)15-9-10-16(19)21-17(15)20/h5-12H,3-4H2,1-2H3. The number of anilines is 1. The number of methoxy groups -OCH3 is 1. The van der Waals surface area contributed by atoms with Gasteiger partial charge in [-0.3, -0.25) is 4.79 Å². The highest BCUT2D eigenvalue weighted by Crippen LogP contribution is 2.38. The molecule has 0 N–H and O–H groups in total. The average Bonchev–Trinajstić information content (AvgIpc) is 3.40. The summed E-state index contributed by atoms with van der Waals surface area (Å²) in [6.45, 7) is 2.07. The quantitative estimate of drug-likeness (QED) is 0.712. The summed E-state index contributed by atoms with van der Waals surface area (Å²) in [4.78, 5) is 18.9. The second kappa shape index (κ2) is 6.99. The van der Waals surface area contributed by atoms with E-state index >= 15 is 0 Å². The number of pyridine rings is 1. The van der Waals surface area contributed by atoms with Gasteiger partial charge in [-0.25, -0.2) is 4.98 Å². The molecule has 0 radical (unpaired) electrons. The Bertz CT molecular complexity index is 745. The first kappa shape index (κ1) is 17.1. The van der Waals surface area contributed by atoms with Crippen molar-refractivity contribution < 1.29 is 9.53 Å². The van der Waals surface area contributed by atoms with Crippen LogP contribution in [-0.2, 0) is 0 Å². The van der Waals surface area contributed by atoms with Gasteiger partial charge in [0.05, 0.1) is 12.7 Å². The first-order valence-electron chi connectivity index (χ1n) is 7.81. The normalized spacial score (nSPS) is 15.0. The first-order chi connectivity index (χ1) is 11.5. The van der Waals surface area contributed by atoms with Crippen LogP contribution in [0.5, 0.6) is 5.75 Å². The lowest BCUT2D eigenvalue weighted by Crippen LogP contribution is -2.40. The smallest absolute Gasteiger partial charge is 0.261 e. The average molecular weight is 365 g/mol. The van der Waals surface area contributed by atoms with E-state index in [2.05, 4.69) is 11.9 Å². The fourth-order valence-electron chi connectivity index (χ4n) is 2.77. The molecule has 1 amide bonds. The molecule has 1 aliphatic rings. The second-order valence-electron chi connectivity index (χ2n) is 5.92. The van der Waals surface area contributed by atoms with Crippen LogP contribution >= 0.6 is 23.2 Å². The Morgan fingerprint density at radius 1 is 1.21 bits per heavy atom. The lowest BCUT2D eigenvalue weighted by atomic mass is 10.1. The van der Waals surface area contributed by atoms with Gasteiger partial charge in [0.15, 0.2) is 0 Å². The number of halogens is 2. The summed E-state index contributed by atoms with van der Waals surface area (Å²) >= 11 is 12.0. The van der Waals surface area contributed by atoms with E-state index < -0.39 is 0 Å². The van der Waals surface area contributed by atoms with Gasteiger partial charge in [-0.2, -0.15) is 0 Å². The summed E-state index contributed by atoms with van der Waals surface area (Å²) in [6, 6.07) is 10.7. The number of carbonyl (C=O) groups excluding carboxylic acids is 1. The largest absolute Gasteiger partial charge is 0.497 e. The van der Waals surface area contributed by atoms with Crippen LogP contribution in [0.15, 0.2) is 36.4 Å². The van der Waals surface area contributed by atoms with Crippen LogP contribution in [0.3, 0.4) is 0 Å². The van der Waals surface area contributed by atoms with Crippen LogP contribution in [0, 0.1) is 5.92 Å². The molecular formula is C18H18Cl2N2O2. The van der Waals surface area contributed by atoms with Crippen molar-refractivity contribution in [1.82, 2.24) is 4.98 Å². The number of hydrogen-bond donors (Lipinski definition) is 0. The maximum atomic E-state index is 13.1. The molecule has 3 rings (SSSR count). The molecule has 1 heterocycles. The van der Waals surface area contributed by atoms with E-state index in [1.165, 1.54) is 0 Å². The van der Waals surface area contributed by atoms with Gasteiger partial charge in [-0.1, -0.05) is 23.2 Å². The Morgan fingerprint density at radius 2 is 1.88 bits per heavy atom. The van der Waals surface area contributed by atoms with Crippen LogP contribution in [0.25, 0.3) is 0 Å². The van der Waals surface area contributed by atoms with Gasteiger partial charge in [0, 0.05) is 11.7 Å². The van der Waals surface area contributed by atoms with E-state index in [4.69, 9.17) is 27.9 Å². The molecule has 2 aromatic rings. The number of benzene rings is 1. The van der Waals surface area contributed by atoms with E-state index in [1.807, 2.05) is 24.3 Å². The van der Waals surface area contributed by atoms with Crippen molar-refractivity contribution in [3.63, 3.8) is 0 Å². The summed E-state index contributed by atoms with van der Waals surface area (Å²) in [5.41, 5.74) is 1.16. The molecule has 1 aliphatic carbocycles. The summed E-state index contributed by atoms with van der Waals surface area (Å²) in [7, 11) is 1.61. The zero-order valence-corrected chi connectivity index (χ0v) is 15.0. The summed E-state index contributed by atoms with van der Waals surface area (Å²) in [6.07, 6.45) is 2.27. The lowest BCUT2D eigenvalue weighted by molar-refractivity contribution is 0.0975. The van der Waals surface area contributed by atoms with Crippen molar-refractivity contribution in [2.45, 2.75) is 25.8 Å². The maximum Gasteiger partial charge on any atom is 0.261 e. The van der Waals surface area contributed by atoms with Gasteiger partial charge >= 0.3 is 0 Å². The molecule has 1 unspecified atom stereocenters. The molecular weight excluding hydrogens is 347 g/mol. The van der Waals surface area contributed by atoms with Gasteiger partial charge in [0.25, 0.3) is 5.91 Å². The highest BCUT2D eigenvalue weighted by molar-refractivity contribution is 6.35. The third-order valence-corrected chi connectivity index (χ3v) is 4.82. The number of hydrogen-bond acceptors (Lipinski definition) is 3. The minimum absolute atomic E-state index is 0.0811. The van der Waals surface area contributed by atoms with Gasteiger partial charge in [-0.05, 0) is 62.1 Å². The van der Waals surface area contributed by atoms with Crippen LogP contribution in [-0.4, -0.2) is 24.0 Å². The van der Waals surface area contributed by atoms with E-state index in [1.54, 1.807) is 24.1 Å². The molecule has 0 saturated heterocycles. The third kappa shape index (κ3) is 3.50. The second-order valence-corrected chi connectivity index (χ2v) is 6.67. The van der Waals surface area contributed by atoms with Gasteiger partial charge in [-0.15, -0.1) is 0 Å². The highest BCUT2D eigenvalue weighted by atomic mass is 35.5. The molecule has 6 heteroatoms. The Kier molecular flexibility index (Phi) is 4.97. The lowest BCUT2D eigenvalue weighted by Gasteiger charge is -2.30. The third-order valence-electron chi connectivity index (χ3n) is 4.33. The van der Waals surface area contributed by atoms with Crippen molar-refractivity contribution in [2.75, 3.05) is 12.0 Å². The fourth-order valence-corrected chi connectivity index (χ4v) is 3.20. The van der Waals surface area contributed by atoms with Gasteiger partial charge < -0.3 is 9.64 Å².